The molecule has 0 aliphatic rings. The minimum absolute atomic E-state index is 0.0800. The Morgan fingerprint density at radius 1 is 0.882 bits per heavy atom. The summed E-state index contributed by atoms with van der Waals surface area (Å²) in [7, 11) is 0. The molecule has 4 aromatic rings. The molecule has 0 radical (unpaired) electrons. The third-order valence-corrected chi connectivity index (χ3v) is 5.92. The second-order valence-electron chi connectivity index (χ2n) is 7.21. The highest BCUT2D eigenvalue weighted by Gasteiger charge is 2.25. The van der Waals surface area contributed by atoms with E-state index in [-0.39, 0.29) is 23.1 Å². The predicted molar refractivity (Wildman–Crippen MR) is 136 cm³/mol. The quantitative estimate of drug-likeness (QED) is 0.203. The lowest BCUT2D eigenvalue weighted by Gasteiger charge is -2.07. The van der Waals surface area contributed by atoms with E-state index in [4.69, 9.17) is 0 Å². The number of hydrogen-bond acceptors (Lipinski definition) is 7. The van der Waals surface area contributed by atoms with Crippen molar-refractivity contribution >= 4 is 55.4 Å². The highest BCUT2D eigenvalue weighted by Crippen LogP contribution is 2.22. The van der Waals surface area contributed by atoms with E-state index >= 15 is 0 Å². The van der Waals surface area contributed by atoms with Gasteiger partial charge in [-0.15, -0.1) is 5.10 Å². The number of carbonyl (C=O) groups excluding carboxylic acids is 1. The fourth-order valence-electron chi connectivity index (χ4n) is 3.14. The Kier molecular flexibility index (Phi) is 7.33. The molecule has 1 aromatic heterocycles. The summed E-state index contributed by atoms with van der Waals surface area (Å²) in [4.78, 5) is 28.5. The maximum Gasteiger partial charge on any atom is 0.288 e. The number of nitrogens with one attached hydrogen (secondary N) is 2. The smallest absolute Gasteiger partial charge is 0.288 e. The van der Waals surface area contributed by atoms with Crippen LogP contribution in [0.25, 0.3) is 0 Å². The van der Waals surface area contributed by atoms with Crippen LogP contribution in [0.4, 0.5) is 17.6 Å². The van der Waals surface area contributed by atoms with Gasteiger partial charge in [0.05, 0.1) is 4.92 Å². The van der Waals surface area contributed by atoms with Crippen molar-refractivity contribution in [1.82, 2.24) is 14.8 Å². The van der Waals surface area contributed by atoms with Crippen LogP contribution in [0.15, 0.2) is 81.7 Å². The summed E-state index contributed by atoms with van der Waals surface area (Å²) >= 11 is 6.81. The average Bonchev–Trinajstić information content (AvgIpc) is 3.26. The van der Waals surface area contributed by atoms with Gasteiger partial charge in [0.25, 0.3) is 11.6 Å². The van der Waals surface area contributed by atoms with Crippen molar-refractivity contribution in [3.8, 4) is 0 Å². The molecule has 11 heteroatoms. The molecular formula is C23H18Br2N6O3. The van der Waals surface area contributed by atoms with Gasteiger partial charge in [0, 0.05) is 28.1 Å². The number of benzene rings is 3. The third kappa shape index (κ3) is 5.67. The molecule has 0 fully saturated rings. The van der Waals surface area contributed by atoms with Gasteiger partial charge in [-0.05, 0) is 41.5 Å². The lowest BCUT2D eigenvalue weighted by Crippen LogP contribution is -2.18. The van der Waals surface area contributed by atoms with Crippen LogP contribution in [0.1, 0.15) is 21.5 Å². The number of nitrogens with zero attached hydrogens (tertiary/aromatic N) is 4. The van der Waals surface area contributed by atoms with Crippen LogP contribution in [-0.4, -0.2) is 25.6 Å². The second-order valence-corrected chi connectivity index (χ2v) is 9.04. The number of hydrogen-bond donors (Lipinski definition) is 2. The van der Waals surface area contributed by atoms with Gasteiger partial charge in [-0.25, -0.2) is 0 Å². The third-order valence-electron chi connectivity index (χ3n) is 4.86. The van der Waals surface area contributed by atoms with Crippen molar-refractivity contribution in [3.05, 3.63) is 109 Å². The Bertz CT molecular complexity index is 1320. The van der Waals surface area contributed by atoms with Gasteiger partial charge >= 0.3 is 0 Å². The summed E-state index contributed by atoms with van der Waals surface area (Å²) in [5.74, 6) is -0.271. The topological polar surface area (TPSA) is 115 Å². The van der Waals surface area contributed by atoms with Crippen molar-refractivity contribution < 1.29 is 9.72 Å². The normalized spacial score (nSPS) is 10.6. The molecule has 3 aromatic carbocycles. The first kappa shape index (κ1) is 23.6. The summed E-state index contributed by atoms with van der Waals surface area (Å²) in [6, 6.07) is 21.2. The molecule has 0 aliphatic heterocycles. The van der Waals surface area contributed by atoms with E-state index in [2.05, 4.69) is 52.6 Å². The lowest BCUT2D eigenvalue weighted by molar-refractivity contribution is -0.385. The first-order valence-electron chi connectivity index (χ1n) is 10.1. The number of halogens is 2. The van der Waals surface area contributed by atoms with Crippen LogP contribution >= 0.6 is 31.9 Å². The van der Waals surface area contributed by atoms with Crippen LogP contribution in [0, 0.1) is 10.1 Å². The molecule has 0 saturated carbocycles. The molecule has 0 aliphatic carbocycles. The molecule has 9 nitrogen and oxygen atoms in total. The van der Waals surface area contributed by atoms with Gasteiger partial charge in [-0.3, -0.25) is 14.9 Å². The van der Waals surface area contributed by atoms with Crippen molar-refractivity contribution in [2.75, 3.05) is 10.6 Å². The van der Waals surface area contributed by atoms with Gasteiger partial charge in [-0.1, -0.05) is 68.3 Å². The van der Waals surface area contributed by atoms with E-state index in [1.54, 1.807) is 6.07 Å². The van der Waals surface area contributed by atoms with E-state index in [1.165, 1.54) is 18.2 Å². The largest absolute Gasteiger partial charge is 0.350 e. The number of aromatic nitrogens is 3. The number of para-hydroxylation sites is 1. The second kappa shape index (κ2) is 10.6. The van der Waals surface area contributed by atoms with E-state index < -0.39 is 10.8 Å². The summed E-state index contributed by atoms with van der Waals surface area (Å²) in [6.07, 6.45) is 0. The zero-order chi connectivity index (χ0) is 24.1. The number of anilines is 2. The summed E-state index contributed by atoms with van der Waals surface area (Å²) in [5, 5.41) is 21.9. The number of nitro benzene ring substituents is 1. The molecule has 0 spiro atoms. The Labute approximate surface area is 211 Å². The molecule has 34 heavy (non-hydrogen) atoms. The van der Waals surface area contributed by atoms with E-state index in [9.17, 15) is 14.9 Å². The predicted octanol–water partition coefficient (Wildman–Crippen LogP) is 5.62. The van der Waals surface area contributed by atoms with Crippen LogP contribution in [0.5, 0.6) is 0 Å². The van der Waals surface area contributed by atoms with Crippen molar-refractivity contribution in [3.63, 3.8) is 0 Å². The van der Waals surface area contributed by atoms with Crippen molar-refractivity contribution in [2.45, 2.75) is 13.1 Å². The molecule has 1 heterocycles. The Morgan fingerprint density at radius 2 is 1.44 bits per heavy atom. The number of rotatable bonds is 8. The fourth-order valence-corrected chi connectivity index (χ4v) is 3.67. The monoisotopic (exact) mass is 584 g/mol. The molecule has 0 bridgehead atoms. The molecule has 0 amide bonds. The Morgan fingerprint density at radius 3 is 2.03 bits per heavy atom. The molecule has 0 atom stereocenters. The zero-order valence-electron chi connectivity index (χ0n) is 17.6. The molecular weight excluding hydrogens is 568 g/mol. The van der Waals surface area contributed by atoms with Crippen LogP contribution < -0.4 is 10.6 Å². The molecule has 0 unspecified atom stereocenters. The molecule has 2 N–H and O–H groups in total. The van der Waals surface area contributed by atoms with Gasteiger partial charge < -0.3 is 10.6 Å². The summed E-state index contributed by atoms with van der Waals surface area (Å²) < 4.78 is 2.96. The highest BCUT2D eigenvalue weighted by molar-refractivity contribution is 9.10. The van der Waals surface area contributed by atoms with Gasteiger partial charge in [0.1, 0.15) is 5.56 Å². The maximum atomic E-state index is 13.3. The fraction of sp³-hybridized carbons (Fsp3) is 0.0870. The molecule has 4 rings (SSSR count). The van der Waals surface area contributed by atoms with Crippen LogP contribution in [0.3, 0.4) is 0 Å². The van der Waals surface area contributed by atoms with E-state index in [0.29, 0.717) is 13.1 Å². The van der Waals surface area contributed by atoms with Crippen LogP contribution in [0.2, 0.25) is 0 Å². The Balaban J connectivity index is 1.62. The zero-order valence-corrected chi connectivity index (χ0v) is 20.8. The standard InChI is InChI=1S/C23H18Br2N6O3/c24-17-9-5-15(6-10-17)13-26-22-28-23(27-14-16-7-11-18(25)12-8-16)30(29-22)21(32)19-3-1-2-4-20(19)31(33)34/h1-12H,13-14H2,(H2,26,27,28,29). The van der Waals surface area contributed by atoms with Crippen molar-refractivity contribution in [2.24, 2.45) is 0 Å². The summed E-state index contributed by atoms with van der Waals surface area (Å²) in [6.45, 7) is 0.811. The van der Waals surface area contributed by atoms with Crippen molar-refractivity contribution in [1.29, 1.82) is 0 Å². The van der Waals surface area contributed by atoms with Gasteiger partial charge in [0.15, 0.2) is 0 Å². The minimum atomic E-state index is -0.658. The van der Waals surface area contributed by atoms with E-state index in [0.717, 1.165) is 24.8 Å². The minimum Gasteiger partial charge on any atom is -0.350 e. The summed E-state index contributed by atoms with van der Waals surface area (Å²) in [5.41, 5.74) is 1.57. The highest BCUT2D eigenvalue weighted by atomic mass is 79.9. The number of nitro groups is 1. The van der Waals surface area contributed by atoms with Gasteiger partial charge in [0.2, 0.25) is 11.9 Å². The SMILES string of the molecule is O=C(c1ccccc1[N+](=O)[O-])n1nc(NCc2ccc(Br)cc2)nc1NCc1ccc(Br)cc1. The first-order chi connectivity index (χ1) is 16.4. The lowest BCUT2D eigenvalue weighted by atomic mass is 10.1. The van der Waals surface area contributed by atoms with E-state index in [1.807, 2.05) is 48.5 Å². The average molecular weight is 586 g/mol. The van der Waals surface area contributed by atoms with Gasteiger partial charge in [-0.2, -0.15) is 9.67 Å². The number of carbonyl (C=O) groups is 1. The Hall–Kier alpha value is -3.57. The first-order valence-corrected chi connectivity index (χ1v) is 11.7. The molecule has 172 valence electrons. The van der Waals surface area contributed by atoms with Crippen LogP contribution in [-0.2, 0) is 13.1 Å². The molecule has 0 saturated heterocycles. The maximum absolute atomic E-state index is 13.3.